The Morgan fingerprint density at radius 1 is 0.655 bits per heavy atom. The van der Waals surface area contributed by atoms with Crippen molar-refractivity contribution in [2.75, 3.05) is 0 Å². The minimum Gasteiger partial charge on any atom is -0.508 e. The number of nitrogens with zero attached hydrogens (tertiary/aromatic N) is 1. The fraction of sp³-hybridized carbons (Fsp3) is 0.268. The van der Waals surface area contributed by atoms with Crippen LogP contribution in [0.15, 0.2) is 109 Å². The third-order valence-corrected chi connectivity index (χ3v) is 9.41. The number of amides is 5. The Hall–Kier alpha value is -6.54. The van der Waals surface area contributed by atoms with E-state index < -0.39 is 72.1 Å². The monoisotopic (exact) mass is 748 g/mol. The van der Waals surface area contributed by atoms with Gasteiger partial charge in [-0.3, -0.25) is 28.8 Å². The Balaban J connectivity index is 1.41. The van der Waals surface area contributed by atoms with Gasteiger partial charge < -0.3 is 42.5 Å². The Morgan fingerprint density at radius 2 is 1.15 bits per heavy atom. The van der Waals surface area contributed by atoms with Gasteiger partial charge in [0.25, 0.3) is 0 Å². The molecule has 55 heavy (non-hydrogen) atoms. The van der Waals surface area contributed by atoms with Crippen molar-refractivity contribution in [3.63, 3.8) is 0 Å². The van der Waals surface area contributed by atoms with Crippen LogP contribution < -0.4 is 27.4 Å². The second-order valence-electron chi connectivity index (χ2n) is 13.5. The number of carboxylic acid groups (broad SMARTS) is 1. The van der Waals surface area contributed by atoms with Gasteiger partial charge in [-0.25, -0.2) is 0 Å². The zero-order valence-electron chi connectivity index (χ0n) is 30.0. The van der Waals surface area contributed by atoms with Crippen LogP contribution in [-0.2, 0) is 61.0 Å². The summed E-state index contributed by atoms with van der Waals surface area (Å²) in [5, 5.41) is 26.9. The molecule has 14 heteroatoms. The molecular formula is C41H44N6O8. The second kappa shape index (κ2) is 18.5. The second-order valence-corrected chi connectivity index (χ2v) is 13.5. The molecule has 1 aliphatic heterocycles. The van der Waals surface area contributed by atoms with Gasteiger partial charge >= 0.3 is 5.97 Å². The van der Waals surface area contributed by atoms with Crippen molar-refractivity contribution in [3.8, 4) is 5.75 Å². The lowest BCUT2D eigenvalue weighted by molar-refractivity contribution is -0.143. The van der Waals surface area contributed by atoms with Crippen LogP contribution in [0.2, 0.25) is 0 Å². The molecule has 9 N–H and O–H groups in total. The Labute approximate surface area is 317 Å². The lowest BCUT2D eigenvalue weighted by Gasteiger charge is -2.38. The van der Waals surface area contributed by atoms with Crippen LogP contribution in [0.25, 0.3) is 0 Å². The van der Waals surface area contributed by atoms with Crippen molar-refractivity contribution in [1.82, 2.24) is 20.9 Å². The highest BCUT2D eigenvalue weighted by Crippen LogP contribution is 2.25. The molecule has 4 aromatic rings. The van der Waals surface area contributed by atoms with Crippen LogP contribution in [0.1, 0.15) is 34.2 Å². The summed E-state index contributed by atoms with van der Waals surface area (Å²) in [6.45, 7) is 0.0998. The van der Waals surface area contributed by atoms with E-state index in [4.69, 9.17) is 11.5 Å². The van der Waals surface area contributed by atoms with E-state index in [1.165, 1.54) is 17.0 Å². The lowest BCUT2D eigenvalue weighted by Crippen LogP contribution is -2.61. The first-order valence-electron chi connectivity index (χ1n) is 17.8. The predicted molar refractivity (Wildman–Crippen MR) is 202 cm³/mol. The minimum absolute atomic E-state index is 0.0125. The van der Waals surface area contributed by atoms with E-state index in [-0.39, 0.29) is 38.0 Å². The Bertz CT molecular complexity index is 1990. The summed E-state index contributed by atoms with van der Waals surface area (Å²) in [4.78, 5) is 80.9. The molecule has 0 saturated carbocycles. The van der Waals surface area contributed by atoms with Crippen LogP contribution in [0.4, 0.5) is 0 Å². The van der Waals surface area contributed by atoms with Crippen LogP contribution in [0, 0.1) is 0 Å². The van der Waals surface area contributed by atoms with Crippen LogP contribution >= 0.6 is 0 Å². The van der Waals surface area contributed by atoms with Gasteiger partial charge in [-0.2, -0.15) is 0 Å². The average molecular weight is 749 g/mol. The zero-order chi connectivity index (χ0) is 39.5. The number of aliphatic carboxylic acids is 1. The van der Waals surface area contributed by atoms with Gasteiger partial charge in [-0.15, -0.1) is 0 Å². The number of primary amides is 1. The van der Waals surface area contributed by atoms with E-state index in [9.17, 15) is 39.0 Å². The van der Waals surface area contributed by atoms with Crippen molar-refractivity contribution in [1.29, 1.82) is 0 Å². The molecule has 0 radical (unpaired) electrons. The SMILES string of the molecule is NC(=O)[C@H](CC(=O)O)NC(=O)[C@H](Cc1ccccc1)NC(=O)[C@H](Cc1ccccc1)NC(=O)[C@@H]1Cc2ccccc2CN1C(=O)[C@@H](N)Cc1ccc(O)cc1. The van der Waals surface area contributed by atoms with Crippen molar-refractivity contribution >= 4 is 35.5 Å². The topological polar surface area (TPSA) is 234 Å². The summed E-state index contributed by atoms with van der Waals surface area (Å²) >= 11 is 0. The molecule has 5 amide bonds. The number of nitrogens with two attached hydrogens (primary N) is 2. The summed E-state index contributed by atoms with van der Waals surface area (Å²) < 4.78 is 0. The molecule has 0 saturated heterocycles. The third kappa shape index (κ3) is 11.0. The molecule has 0 aromatic heterocycles. The van der Waals surface area contributed by atoms with E-state index in [0.29, 0.717) is 11.1 Å². The summed E-state index contributed by atoms with van der Waals surface area (Å²) in [5.41, 5.74) is 15.6. The van der Waals surface area contributed by atoms with Crippen molar-refractivity contribution in [3.05, 3.63) is 137 Å². The first-order chi connectivity index (χ1) is 26.4. The van der Waals surface area contributed by atoms with Gasteiger partial charge in [0.2, 0.25) is 29.5 Å². The molecule has 1 aliphatic rings. The molecule has 0 fully saturated rings. The molecule has 0 aliphatic carbocycles. The summed E-state index contributed by atoms with van der Waals surface area (Å²) in [7, 11) is 0. The number of hydrogen-bond acceptors (Lipinski definition) is 8. The zero-order valence-corrected chi connectivity index (χ0v) is 30.0. The first-order valence-corrected chi connectivity index (χ1v) is 17.8. The minimum atomic E-state index is -1.54. The highest BCUT2D eigenvalue weighted by molar-refractivity contribution is 5.97. The van der Waals surface area contributed by atoms with Gasteiger partial charge in [0, 0.05) is 25.8 Å². The third-order valence-electron chi connectivity index (χ3n) is 9.41. The standard InChI is InChI=1S/C41H44N6O8/c42-31(19-27-15-17-30(48)18-16-27)41(55)47-24-29-14-8-7-13-28(29)22-35(47)40(54)46-34(21-26-11-5-2-6-12-26)39(53)45-33(20-25-9-3-1-4-10-25)38(52)44-32(37(43)51)23-36(49)50/h1-18,31-35,48H,19-24,42H2,(H2,43,51)(H,44,52)(H,45,53)(H,46,54)(H,49,50)/t31-,32-,33-,34-,35-/m0/s1. The van der Waals surface area contributed by atoms with E-state index >= 15 is 0 Å². The number of carbonyl (C=O) groups is 6. The molecule has 286 valence electrons. The number of carboxylic acids is 1. The molecule has 0 bridgehead atoms. The van der Waals surface area contributed by atoms with Gasteiger partial charge in [-0.05, 0) is 46.4 Å². The summed E-state index contributed by atoms with van der Waals surface area (Å²) in [6, 6.07) is 25.2. The fourth-order valence-corrected chi connectivity index (χ4v) is 6.50. The van der Waals surface area contributed by atoms with E-state index in [2.05, 4.69) is 16.0 Å². The molecule has 14 nitrogen and oxygen atoms in total. The lowest BCUT2D eigenvalue weighted by atomic mass is 9.92. The van der Waals surface area contributed by atoms with Gasteiger partial charge in [0.15, 0.2) is 0 Å². The number of rotatable bonds is 16. The van der Waals surface area contributed by atoms with Crippen LogP contribution in [0.5, 0.6) is 5.75 Å². The van der Waals surface area contributed by atoms with E-state index in [1.807, 2.05) is 24.3 Å². The van der Waals surface area contributed by atoms with Crippen LogP contribution in [-0.4, -0.2) is 80.8 Å². The van der Waals surface area contributed by atoms with Crippen molar-refractivity contribution < 1.29 is 39.0 Å². The smallest absolute Gasteiger partial charge is 0.305 e. The van der Waals surface area contributed by atoms with Crippen molar-refractivity contribution in [2.45, 2.75) is 68.9 Å². The molecule has 4 aromatic carbocycles. The molecule has 5 rings (SSSR count). The largest absolute Gasteiger partial charge is 0.508 e. The Morgan fingerprint density at radius 3 is 1.69 bits per heavy atom. The van der Waals surface area contributed by atoms with Crippen LogP contribution in [0.3, 0.4) is 0 Å². The molecule has 0 unspecified atom stereocenters. The van der Waals surface area contributed by atoms with Gasteiger partial charge in [0.1, 0.15) is 29.9 Å². The number of phenols is 1. The van der Waals surface area contributed by atoms with E-state index in [1.54, 1.807) is 72.8 Å². The number of fused-ring (bicyclic) bond motifs is 1. The van der Waals surface area contributed by atoms with Gasteiger partial charge in [-0.1, -0.05) is 97.1 Å². The maximum absolute atomic E-state index is 14.3. The number of aromatic hydroxyl groups is 1. The molecular weight excluding hydrogens is 704 g/mol. The highest BCUT2D eigenvalue weighted by Gasteiger charge is 2.38. The average Bonchev–Trinajstić information content (AvgIpc) is 3.17. The highest BCUT2D eigenvalue weighted by atomic mass is 16.4. The number of hydrogen-bond donors (Lipinski definition) is 7. The summed E-state index contributed by atoms with van der Waals surface area (Å²) in [5.74, 6) is -5.03. The normalized spacial score (nSPS) is 15.7. The number of nitrogens with one attached hydrogen (secondary N) is 3. The number of carbonyl (C=O) groups excluding carboxylic acids is 5. The molecule has 1 heterocycles. The molecule has 5 atom stereocenters. The molecule has 0 spiro atoms. The number of benzene rings is 4. The summed E-state index contributed by atoms with van der Waals surface area (Å²) in [6.07, 6.45) is -0.491. The first kappa shape index (κ1) is 39.7. The number of phenolic OH excluding ortho intramolecular Hbond substituents is 1. The predicted octanol–water partition coefficient (Wildman–Crippen LogP) is 1.12. The fourth-order valence-electron chi connectivity index (χ4n) is 6.50. The van der Waals surface area contributed by atoms with Crippen molar-refractivity contribution in [2.24, 2.45) is 11.5 Å². The maximum Gasteiger partial charge on any atom is 0.305 e. The quantitative estimate of drug-likeness (QED) is 0.0869. The Kier molecular flexibility index (Phi) is 13.3. The maximum atomic E-state index is 14.3. The van der Waals surface area contributed by atoms with E-state index in [0.717, 1.165) is 16.7 Å². The van der Waals surface area contributed by atoms with Gasteiger partial charge in [0.05, 0.1) is 12.5 Å².